The first-order chi connectivity index (χ1) is 19.5. The molecule has 0 radical (unpaired) electrons. The van der Waals surface area contributed by atoms with Gasteiger partial charge in [-0.05, 0) is 26.0 Å². The van der Waals surface area contributed by atoms with Crippen LogP contribution in [0.4, 0.5) is 0 Å². The molecule has 0 amide bonds. The lowest BCUT2D eigenvalue weighted by Crippen LogP contribution is -2.17. The van der Waals surface area contributed by atoms with Crippen molar-refractivity contribution in [2.24, 2.45) is 0 Å². The van der Waals surface area contributed by atoms with E-state index in [-0.39, 0.29) is 47.7 Å². The highest BCUT2D eigenvalue weighted by Gasteiger charge is 2.28. The number of carbonyl (C=O) groups is 4. The smallest absolute Gasteiger partial charge is 0.339 e. The van der Waals surface area contributed by atoms with Gasteiger partial charge < -0.3 is 43.4 Å². The average Bonchev–Trinajstić information content (AvgIpc) is 3.78. The maximum Gasteiger partial charge on any atom is 0.339 e. The van der Waals surface area contributed by atoms with Gasteiger partial charge in [-0.1, -0.05) is 25.3 Å². The van der Waals surface area contributed by atoms with Gasteiger partial charge >= 0.3 is 23.9 Å². The second-order valence-corrected chi connectivity index (χ2v) is 9.27. The summed E-state index contributed by atoms with van der Waals surface area (Å²) in [7, 11) is 0. The second-order valence-electron chi connectivity index (χ2n) is 9.27. The number of hydrogen-bond donors (Lipinski definition) is 2. The van der Waals surface area contributed by atoms with Crippen LogP contribution < -0.4 is 0 Å². The zero-order valence-electron chi connectivity index (χ0n) is 23.1. The normalized spacial score (nSPS) is 21.9. The van der Waals surface area contributed by atoms with Crippen LogP contribution in [0.3, 0.4) is 0 Å². The maximum atomic E-state index is 11.9. The number of carboxylic acid groups (broad SMARTS) is 2. The van der Waals surface area contributed by atoms with Crippen molar-refractivity contribution in [2.45, 2.75) is 38.3 Å². The number of carbonyl (C=O) groups excluding carboxylic acids is 2. The summed E-state index contributed by atoms with van der Waals surface area (Å²) in [5, 5.41) is 15.8. The number of rotatable bonds is 12. The van der Waals surface area contributed by atoms with Crippen molar-refractivity contribution in [3.63, 3.8) is 0 Å². The van der Waals surface area contributed by atoms with Gasteiger partial charge in [-0.3, -0.25) is 0 Å². The van der Waals surface area contributed by atoms with Gasteiger partial charge in [-0.2, -0.15) is 0 Å². The number of epoxide rings is 4. The molecule has 5 rings (SSSR count). The molecule has 4 unspecified atom stereocenters. The molecule has 0 aliphatic carbocycles. The Hall–Kier alpha value is -3.62. The molecule has 4 atom stereocenters. The van der Waals surface area contributed by atoms with E-state index in [0.29, 0.717) is 25.4 Å². The number of esters is 2. The van der Waals surface area contributed by atoms with Crippen LogP contribution >= 0.6 is 0 Å². The summed E-state index contributed by atoms with van der Waals surface area (Å²) in [5.41, 5.74) is 0.759. The third kappa shape index (κ3) is 16.3. The fraction of sp³-hybridized carbons (Fsp3) is 0.500. The zero-order chi connectivity index (χ0) is 30.4. The molecule has 13 heteroatoms. The molecule has 4 aliphatic rings. The van der Waals surface area contributed by atoms with Gasteiger partial charge in [0.2, 0.25) is 0 Å². The topological polar surface area (TPSA) is 187 Å². The van der Waals surface area contributed by atoms with E-state index in [1.165, 1.54) is 13.8 Å². The van der Waals surface area contributed by atoms with Crippen LogP contribution in [0.25, 0.3) is 0 Å². The minimum Gasteiger partial charge on any atom is -0.478 e. The molecule has 41 heavy (non-hydrogen) atoms. The molecule has 4 saturated heterocycles. The fourth-order valence-corrected chi connectivity index (χ4v) is 2.32. The third-order valence-corrected chi connectivity index (χ3v) is 5.11. The van der Waals surface area contributed by atoms with Crippen LogP contribution in [-0.2, 0) is 42.7 Å². The molecule has 226 valence electrons. The summed E-state index contributed by atoms with van der Waals surface area (Å²) in [6, 6.07) is 6.43. The first-order valence-electron chi connectivity index (χ1n) is 12.7. The Balaban J connectivity index is 0.000000230. The number of hydrogen-bond acceptors (Lipinski definition) is 11. The van der Waals surface area contributed by atoms with E-state index in [4.69, 9.17) is 43.4 Å². The van der Waals surface area contributed by atoms with E-state index >= 15 is 0 Å². The van der Waals surface area contributed by atoms with Crippen LogP contribution in [0, 0.1) is 0 Å². The molecule has 4 fully saturated rings. The molecule has 0 saturated carbocycles. The molecule has 0 aromatic heterocycles. The summed E-state index contributed by atoms with van der Waals surface area (Å²) in [6.07, 6.45) is 0.766. The Bertz CT molecular complexity index is 959. The fourth-order valence-electron chi connectivity index (χ4n) is 2.32. The van der Waals surface area contributed by atoms with Crippen molar-refractivity contribution < 1.29 is 62.5 Å². The van der Waals surface area contributed by atoms with Crippen molar-refractivity contribution in [1.82, 2.24) is 0 Å². The molecule has 1 aromatic rings. The second kappa shape index (κ2) is 17.3. The minimum atomic E-state index is -0.935. The Morgan fingerprint density at radius 2 is 0.951 bits per heavy atom. The van der Waals surface area contributed by atoms with Gasteiger partial charge in [0, 0.05) is 11.1 Å². The van der Waals surface area contributed by atoms with Gasteiger partial charge in [0.15, 0.2) is 0 Å². The lowest BCUT2D eigenvalue weighted by atomic mass is 10.1. The number of benzene rings is 1. The largest absolute Gasteiger partial charge is 0.478 e. The highest BCUT2D eigenvalue weighted by molar-refractivity contribution is 6.03. The summed E-state index contributed by atoms with van der Waals surface area (Å²) in [5.74, 6) is -2.96. The van der Waals surface area contributed by atoms with Crippen molar-refractivity contribution in [3.05, 3.63) is 59.7 Å². The molecule has 1 aromatic carbocycles. The Kier molecular flexibility index (Phi) is 14.1. The molecule has 0 bridgehead atoms. The Labute approximate surface area is 237 Å². The monoisotopic (exact) mass is 580 g/mol. The third-order valence-electron chi connectivity index (χ3n) is 5.11. The van der Waals surface area contributed by atoms with Crippen molar-refractivity contribution in [3.8, 4) is 0 Å². The van der Waals surface area contributed by atoms with E-state index in [0.717, 1.165) is 26.4 Å². The summed E-state index contributed by atoms with van der Waals surface area (Å²) < 4.78 is 35.2. The summed E-state index contributed by atoms with van der Waals surface area (Å²) >= 11 is 0. The predicted molar refractivity (Wildman–Crippen MR) is 142 cm³/mol. The number of carboxylic acids is 2. The number of aliphatic carboxylic acids is 2. The highest BCUT2D eigenvalue weighted by atomic mass is 16.6. The van der Waals surface area contributed by atoms with Crippen LogP contribution in [-0.4, -0.2) is 111 Å². The van der Waals surface area contributed by atoms with E-state index in [1.807, 2.05) is 0 Å². The van der Waals surface area contributed by atoms with E-state index in [1.54, 1.807) is 24.3 Å². The molecule has 4 aliphatic heterocycles. The molecular weight excluding hydrogens is 544 g/mol. The quantitative estimate of drug-likeness (QED) is 0.207. The molecular formula is C28H36O13. The van der Waals surface area contributed by atoms with E-state index in [9.17, 15) is 19.2 Å². The Morgan fingerprint density at radius 1 is 0.683 bits per heavy atom. The van der Waals surface area contributed by atoms with Crippen LogP contribution in [0.2, 0.25) is 0 Å². The van der Waals surface area contributed by atoms with Crippen molar-refractivity contribution in [1.29, 1.82) is 0 Å². The minimum absolute atomic E-state index is 0.00919. The molecule has 2 N–H and O–H groups in total. The SMILES string of the molecule is C(OCC1CO1)C1CO1.C=C(C)C(=O)O.C=C(C)C(=O)O.O=C(OCC1CO1)c1ccccc1C(=O)OCC1CO1. The lowest BCUT2D eigenvalue weighted by Gasteiger charge is -2.08. The number of ether oxygens (including phenoxy) is 7. The van der Waals surface area contributed by atoms with Crippen molar-refractivity contribution in [2.75, 3.05) is 52.9 Å². The first kappa shape index (κ1) is 33.6. The average molecular weight is 581 g/mol. The van der Waals surface area contributed by atoms with Gasteiger partial charge in [-0.15, -0.1) is 0 Å². The lowest BCUT2D eigenvalue weighted by molar-refractivity contribution is -0.133. The van der Waals surface area contributed by atoms with E-state index < -0.39 is 23.9 Å². The van der Waals surface area contributed by atoms with Crippen LogP contribution in [0.5, 0.6) is 0 Å². The van der Waals surface area contributed by atoms with Gasteiger partial charge in [0.1, 0.15) is 37.6 Å². The van der Waals surface area contributed by atoms with Crippen LogP contribution in [0.15, 0.2) is 48.6 Å². The maximum absolute atomic E-state index is 11.9. The summed E-state index contributed by atoms with van der Waals surface area (Å²) in [4.78, 5) is 43.1. The molecule has 0 spiro atoms. The predicted octanol–water partition coefficient (Wildman–Crippen LogP) is 1.89. The molecule has 13 nitrogen and oxygen atoms in total. The highest BCUT2D eigenvalue weighted by Crippen LogP contribution is 2.16. The van der Waals surface area contributed by atoms with Gasteiger partial charge in [-0.25, -0.2) is 19.2 Å². The standard InChI is InChI=1S/C14H14O6.C6H10O3.2C4H6O2/c15-13(19-7-9-5-17-9)11-3-1-2-4-12(11)14(16)20-8-10-6-18-10;1(5-3-8-5)7-2-6-4-9-6;2*1-3(2)4(5)6/h1-4,9-10H,5-8H2;5-6H,1-4H2;2*1H2,2H3,(H,5,6). The molecule has 4 heterocycles. The first-order valence-corrected chi connectivity index (χ1v) is 12.7. The van der Waals surface area contributed by atoms with Gasteiger partial charge in [0.05, 0.1) is 50.8 Å². The van der Waals surface area contributed by atoms with Gasteiger partial charge in [0.25, 0.3) is 0 Å². The van der Waals surface area contributed by atoms with Crippen molar-refractivity contribution >= 4 is 23.9 Å². The Morgan fingerprint density at radius 3 is 1.20 bits per heavy atom. The van der Waals surface area contributed by atoms with E-state index in [2.05, 4.69) is 13.2 Å². The van der Waals surface area contributed by atoms with Crippen LogP contribution in [0.1, 0.15) is 34.6 Å². The zero-order valence-corrected chi connectivity index (χ0v) is 23.1. The summed E-state index contributed by atoms with van der Waals surface area (Å²) in [6.45, 7) is 14.1.